The Labute approximate surface area is 52.4 Å². The molecule has 0 aromatic rings. The lowest BCUT2D eigenvalue weighted by molar-refractivity contribution is 0.381. The average Bonchev–Trinajstić information content (AvgIpc) is 1.61. The monoisotopic (exact) mass is 163 g/mol. The molecule has 1 rings (SSSR count). The molecule has 0 spiro atoms. The second-order valence-electron chi connectivity index (χ2n) is 2.21. The third-order valence-electron chi connectivity index (χ3n) is 1.62. The molecule has 0 bridgehead atoms. The molecular formula is C5H10BrN. The van der Waals surface area contributed by atoms with Gasteiger partial charge >= 0.3 is 0 Å². The zero-order valence-electron chi connectivity index (χ0n) is 4.28. The smallest absolute Gasteiger partial charge is 0.0380 e. The molecule has 1 saturated carbocycles. The van der Waals surface area contributed by atoms with Crippen LogP contribution < -0.4 is 5.73 Å². The van der Waals surface area contributed by atoms with E-state index in [0.29, 0.717) is 4.32 Å². The van der Waals surface area contributed by atoms with Crippen LogP contribution in [-0.2, 0) is 0 Å². The molecule has 1 nitrogen and oxygen atoms in total. The van der Waals surface area contributed by atoms with Crippen LogP contribution in [-0.4, -0.2) is 10.9 Å². The lowest BCUT2D eigenvalue weighted by Crippen LogP contribution is -2.37. The molecule has 0 amide bonds. The molecule has 0 saturated heterocycles. The van der Waals surface area contributed by atoms with Crippen molar-refractivity contribution >= 4 is 15.9 Å². The molecular weight excluding hydrogens is 154 g/mol. The van der Waals surface area contributed by atoms with Crippen molar-refractivity contribution in [3.8, 4) is 0 Å². The van der Waals surface area contributed by atoms with Crippen molar-refractivity contribution in [1.82, 2.24) is 0 Å². The first-order valence-corrected chi connectivity index (χ1v) is 3.45. The zero-order chi connectivity index (χ0) is 5.33. The second-order valence-corrected chi connectivity index (χ2v) is 3.89. The van der Waals surface area contributed by atoms with Gasteiger partial charge in [0.15, 0.2) is 0 Å². The molecule has 0 aromatic carbocycles. The summed E-state index contributed by atoms with van der Waals surface area (Å²) < 4.78 is 0.354. The summed E-state index contributed by atoms with van der Waals surface area (Å²) in [5.41, 5.74) is 5.42. The van der Waals surface area contributed by atoms with Gasteiger partial charge in [-0.05, 0) is 12.8 Å². The second kappa shape index (κ2) is 1.75. The molecule has 0 radical (unpaired) electrons. The van der Waals surface area contributed by atoms with Crippen molar-refractivity contribution in [3.05, 3.63) is 0 Å². The van der Waals surface area contributed by atoms with Crippen LogP contribution in [0, 0.1) is 0 Å². The van der Waals surface area contributed by atoms with Gasteiger partial charge in [0, 0.05) is 10.9 Å². The molecule has 1 aliphatic carbocycles. The van der Waals surface area contributed by atoms with Gasteiger partial charge in [0.2, 0.25) is 0 Å². The molecule has 0 aromatic heterocycles. The average molecular weight is 164 g/mol. The van der Waals surface area contributed by atoms with Gasteiger partial charge < -0.3 is 5.73 Å². The van der Waals surface area contributed by atoms with Crippen molar-refractivity contribution < 1.29 is 0 Å². The maximum atomic E-state index is 5.42. The topological polar surface area (TPSA) is 26.0 Å². The van der Waals surface area contributed by atoms with Crippen LogP contribution in [0.4, 0.5) is 0 Å². The highest BCUT2D eigenvalue weighted by atomic mass is 79.9. The Hall–Kier alpha value is 0.440. The predicted molar refractivity (Wildman–Crippen MR) is 34.6 cm³/mol. The minimum atomic E-state index is 0.354. The SMILES string of the molecule is NCC1(Br)CCC1. The van der Waals surface area contributed by atoms with E-state index in [1.165, 1.54) is 19.3 Å². The van der Waals surface area contributed by atoms with E-state index in [4.69, 9.17) is 5.73 Å². The third-order valence-corrected chi connectivity index (χ3v) is 2.73. The van der Waals surface area contributed by atoms with Gasteiger partial charge in [0.25, 0.3) is 0 Å². The van der Waals surface area contributed by atoms with E-state index in [2.05, 4.69) is 15.9 Å². The van der Waals surface area contributed by atoms with Crippen LogP contribution in [0.1, 0.15) is 19.3 Å². The molecule has 0 atom stereocenters. The van der Waals surface area contributed by atoms with E-state index in [0.717, 1.165) is 6.54 Å². The van der Waals surface area contributed by atoms with Crippen molar-refractivity contribution in [1.29, 1.82) is 0 Å². The minimum Gasteiger partial charge on any atom is -0.329 e. The molecule has 7 heavy (non-hydrogen) atoms. The lowest BCUT2D eigenvalue weighted by atomic mass is 9.85. The van der Waals surface area contributed by atoms with Crippen molar-refractivity contribution in [2.45, 2.75) is 23.6 Å². The van der Waals surface area contributed by atoms with Crippen LogP contribution in [0.15, 0.2) is 0 Å². The van der Waals surface area contributed by atoms with Gasteiger partial charge in [0.05, 0.1) is 0 Å². The Kier molecular flexibility index (Phi) is 1.39. The van der Waals surface area contributed by atoms with Gasteiger partial charge in [-0.3, -0.25) is 0 Å². The van der Waals surface area contributed by atoms with Crippen LogP contribution in [0.25, 0.3) is 0 Å². The molecule has 1 fully saturated rings. The van der Waals surface area contributed by atoms with Gasteiger partial charge in [-0.1, -0.05) is 22.4 Å². The van der Waals surface area contributed by atoms with Crippen LogP contribution >= 0.6 is 15.9 Å². The first kappa shape index (κ1) is 5.57. The fraction of sp³-hybridized carbons (Fsp3) is 1.00. The first-order valence-electron chi connectivity index (χ1n) is 2.66. The first-order chi connectivity index (χ1) is 3.27. The van der Waals surface area contributed by atoms with E-state index in [1.54, 1.807) is 0 Å². The van der Waals surface area contributed by atoms with Gasteiger partial charge in [-0.15, -0.1) is 0 Å². The summed E-state index contributed by atoms with van der Waals surface area (Å²) in [5.74, 6) is 0. The minimum absolute atomic E-state index is 0.354. The molecule has 0 heterocycles. The number of hydrogen-bond donors (Lipinski definition) is 1. The maximum absolute atomic E-state index is 5.42. The fourth-order valence-corrected chi connectivity index (χ4v) is 1.33. The summed E-state index contributed by atoms with van der Waals surface area (Å²) in [4.78, 5) is 0. The van der Waals surface area contributed by atoms with Crippen LogP contribution in [0.3, 0.4) is 0 Å². The van der Waals surface area contributed by atoms with Crippen molar-refractivity contribution in [3.63, 3.8) is 0 Å². The number of hydrogen-bond acceptors (Lipinski definition) is 1. The van der Waals surface area contributed by atoms with Crippen LogP contribution in [0.2, 0.25) is 0 Å². The van der Waals surface area contributed by atoms with Crippen molar-refractivity contribution in [2.75, 3.05) is 6.54 Å². The highest BCUT2D eigenvalue weighted by molar-refractivity contribution is 9.10. The van der Waals surface area contributed by atoms with E-state index >= 15 is 0 Å². The summed E-state index contributed by atoms with van der Waals surface area (Å²) in [6, 6.07) is 0. The predicted octanol–water partition coefficient (Wildman–Crippen LogP) is 1.26. The fourth-order valence-electron chi connectivity index (χ4n) is 0.765. The Morgan fingerprint density at radius 3 is 2.14 bits per heavy atom. The number of rotatable bonds is 1. The lowest BCUT2D eigenvalue weighted by Gasteiger charge is -2.34. The van der Waals surface area contributed by atoms with Gasteiger partial charge in [-0.2, -0.15) is 0 Å². The Bertz CT molecular complexity index is 63.0. The van der Waals surface area contributed by atoms with Crippen molar-refractivity contribution in [2.24, 2.45) is 5.73 Å². The van der Waals surface area contributed by atoms with Crippen LogP contribution in [0.5, 0.6) is 0 Å². The highest BCUT2D eigenvalue weighted by Gasteiger charge is 2.31. The Morgan fingerprint density at radius 2 is 2.14 bits per heavy atom. The maximum Gasteiger partial charge on any atom is 0.0380 e. The van der Waals surface area contributed by atoms with Gasteiger partial charge in [0.1, 0.15) is 0 Å². The molecule has 42 valence electrons. The summed E-state index contributed by atoms with van der Waals surface area (Å²) in [6.45, 7) is 0.799. The Morgan fingerprint density at radius 1 is 1.57 bits per heavy atom. The van der Waals surface area contributed by atoms with E-state index in [1.807, 2.05) is 0 Å². The standard InChI is InChI=1S/C5H10BrN/c6-5(4-7)2-1-3-5/h1-4,7H2. The number of halogens is 1. The highest BCUT2D eigenvalue weighted by Crippen LogP contribution is 2.38. The molecule has 0 aliphatic heterocycles. The molecule has 2 heteroatoms. The Balaban J connectivity index is 2.29. The van der Waals surface area contributed by atoms with E-state index in [-0.39, 0.29) is 0 Å². The molecule has 0 unspecified atom stereocenters. The zero-order valence-corrected chi connectivity index (χ0v) is 5.87. The number of alkyl halides is 1. The van der Waals surface area contributed by atoms with E-state index in [9.17, 15) is 0 Å². The third kappa shape index (κ3) is 0.970. The molecule has 2 N–H and O–H groups in total. The quantitative estimate of drug-likeness (QED) is 0.580. The summed E-state index contributed by atoms with van der Waals surface area (Å²) in [6.07, 6.45) is 3.88. The summed E-state index contributed by atoms with van der Waals surface area (Å²) in [5, 5.41) is 0. The molecule has 1 aliphatic rings. The normalized spacial score (nSPS) is 26.6. The van der Waals surface area contributed by atoms with Gasteiger partial charge in [-0.25, -0.2) is 0 Å². The largest absolute Gasteiger partial charge is 0.329 e. The van der Waals surface area contributed by atoms with E-state index < -0.39 is 0 Å². The summed E-state index contributed by atoms with van der Waals surface area (Å²) in [7, 11) is 0. The number of nitrogens with two attached hydrogens (primary N) is 1. The summed E-state index contributed by atoms with van der Waals surface area (Å²) >= 11 is 3.54.